The molecular weight excluding hydrogens is 216 g/mol. The highest BCUT2D eigenvalue weighted by Crippen LogP contribution is 2.36. The Morgan fingerprint density at radius 3 is 1.25 bits per heavy atom. The number of rotatable bonds is 1. The lowest BCUT2D eigenvalue weighted by molar-refractivity contribution is -0.218. The van der Waals surface area contributed by atoms with Crippen molar-refractivity contribution in [2.24, 2.45) is 0 Å². The van der Waals surface area contributed by atoms with Gasteiger partial charge in [-0.15, -0.1) is 11.6 Å². The zero-order chi connectivity index (χ0) is 10.2. The Balaban J connectivity index is 4.41. The normalized spacial score (nSPS) is 19.0. The molecular formula is C4H2ClF7. The average Bonchev–Trinajstić information content (AvgIpc) is 1.80. The molecule has 0 aromatic rings. The van der Waals surface area contributed by atoms with Crippen LogP contribution in [0.5, 0.6) is 0 Å². The van der Waals surface area contributed by atoms with Crippen LogP contribution in [0.15, 0.2) is 0 Å². The van der Waals surface area contributed by atoms with Crippen LogP contribution in [0.3, 0.4) is 0 Å². The summed E-state index contributed by atoms with van der Waals surface area (Å²) in [5.41, 5.74) is 0. The molecule has 74 valence electrons. The summed E-state index contributed by atoms with van der Waals surface area (Å²) in [4.78, 5) is 0. The fraction of sp³-hybridized carbons (Fsp3) is 1.00. The zero-order valence-electron chi connectivity index (χ0n) is 5.18. The summed E-state index contributed by atoms with van der Waals surface area (Å²) in [6.45, 7) is 0. The van der Waals surface area contributed by atoms with Crippen LogP contribution >= 0.6 is 11.6 Å². The van der Waals surface area contributed by atoms with Gasteiger partial charge in [-0.25, -0.2) is 4.39 Å². The Morgan fingerprint density at radius 2 is 1.17 bits per heavy atom. The topological polar surface area (TPSA) is 0 Å². The van der Waals surface area contributed by atoms with E-state index in [4.69, 9.17) is 0 Å². The zero-order valence-corrected chi connectivity index (χ0v) is 5.93. The largest absolute Gasteiger partial charge is 0.421 e. The molecule has 0 N–H and O–H groups in total. The third-order valence-electron chi connectivity index (χ3n) is 0.882. The van der Waals surface area contributed by atoms with E-state index in [1.165, 1.54) is 0 Å². The third-order valence-corrected chi connectivity index (χ3v) is 1.35. The van der Waals surface area contributed by atoms with Gasteiger partial charge in [-0.2, -0.15) is 26.3 Å². The van der Waals surface area contributed by atoms with Crippen molar-refractivity contribution in [1.29, 1.82) is 0 Å². The maximum absolute atomic E-state index is 11.8. The number of halogens is 8. The lowest BCUT2D eigenvalue weighted by atomic mass is 10.2. The molecule has 0 rings (SSSR count). The molecule has 0 saturated carbocycles. The molecule has 0 fully saturated rings. The monoisotopic (exact) mass is 218 g/mol. The maximum atomic E-state index is 11.8. The van der Waals surface area contributed by atoms with E-state index in [9.17, 15) is 30.7 Å². The Bertz CT molecular complexity index is 128. The summed E-state index contributed by atoms with van der Waals surface area (Å²) in [6.07, 6.45) is -15.1. The fourth-order valence-electron chi connectivity index (χ4n) is 0.332. The summed E-state index contributed by atoms with van der Waals surface area (Å²) in [6, 6.07) is 0. The Morgan fingerprint density at radius 1 is 0.833 bits per heavy atom. The van der Waals surface area contributed by atoms with Gasteiger partial charge in [-0.1, -0.05) is 0 Å². The SMILES string of the molecule is F[C@H]([C@@H](Cl)C(F)(F)F)C(F)(F)F. The molecule has 0 nitrogen and oxygen atoms in total. The molecule has 0 aliphatic heterocycles. The molecule has 0 aliphatic carbocycles. The van der Waals surface area contributed by atoms with E-state index in [-0.39, 0.29) is 0 Å². The minimum absolute atomic E-state index is 3.54. The van der Waals surface area contributed by atoms with Gasteiger partial charge in [-0.05, 0) is 0 Å². The van der Waals surface area contributed by atoms with Crippen molar-refractivity contribution in [1.82, 2.24) is 0 Å². The van der Waals surface area contributed by atoms with Crippen molar-refractivity contribution in [2.45, 2.75) is 23.9 Å². The van der Waals surface area contributed by atoms with Crippen LogP contribution < -0.4 is 0 Å². The first-order valence-corrected chi connectivity index (χ1v) is 2.92. The molecule has 12 heavy (non-hydrogen) atoms. The van der Waals surface area contributed by atoms with Crippen molar-refractivity contribution in [3.05, 3.63) is 0 Å². The lowest BCUT2D eigenvalue weighted by Gasteiger charge is -2.19. The van der Waals surface area contributed by atoms with Gasteiger partial charge in [0.05, 0.1) is 0 Å². The van der Waals surface area contributed by atoms with Crippen molar-refractivity contribution in [3.63, 3.8) is 0 Å². The first kappa shape index (κ1) is 11.8. The van der Waals surface area contributed by atoms with Crippen LogP contribution in [0.4, 0.5) is 30.7 Å². The van der Waals surface area contributed by atoms with Gasteiger partial charge in [0.15, 0.2) is 5.38 Å². The first-order chi connectivity index (χ1) is 5.07. The molecule has 2 atom stereocenters. The van der Waals surface area contributed by atoms with Crippen LogP contribution in [-0.4, -0.2) is 23.9 Å². The smallest absolute Gasteiger partial charge is 0.235 e. The number of hydrogen-bond acceptors (Lipinski definition) is 0. The van der Waals surface area contributed by atoms with E-state index >= 15 is 0 Å². The molecule has 0 amide bonds. The molecule has 0 radical (unpaired) electrons. The van der Waals surface area contributed by atoms with Crippen molar-refractivity contribution in [3.8, 4) is 0 Å². The van der Waals surface area contributed by atoms with Crippen LogP contribution in [0.25, 0.3) is 0 Å². The van der Waals surface area contributed by atoms with Crippen LogP contribution in [0, 0.1) is 0 Å². The van der Waals surface area contributed by atoms with Gasteiger partial charge in [0.1, 0.15) is 0 Å². The van der Waals surface area contributed by atoms with Crippen LogP contribution in [0.1, 0.15) is 0 Å². The highest BCUT2D eigenvalue weighted by molar-refractivity contribution is 6.21. The first-order valence-electron chi connectivity index (χ1n) is 2.48. The predicted octanol–water partition coefficient (Wildman–Crippen LogP) is 3.06. The molecule has 8 heteroatoms. The average molecular weight is 218 g/mol. The second-order valence-electron chi connectivity index (χ2n) is 1.89. The quantitative estimate of drug-likeness (QED) is 0.469. The van der Waals surface area contributed by atoms with Gasteiger partial charge in [-0.3, -0.25) is 0 Å². The Kier molecular flexibility index (Phi) is 3.22. The molecule has 0 aliphatic rings. The van der Waals surface area contributed by atoms with E-state index < -0.39 is 23.9 Å². The van der Waals surface area contributed by atoms with Gasteiger partial charge >= 0.3 is 12.4 Å². The minimum atomic E-state index is -5.58. The molecule has 0 aromatic carbocycles. The predicted molar refractivity (Wildman–Crippen MR) is 26.6 cm³/mol. The molecule has 0 spiro atoms. The second kappa shape index (κ2) is 3.27. The van der Waals surface area contributed by atoms with Crippen LogP contribution in [0.2, 0.25) is 0 Å². The van der Waals surface area contributed by atoms with E-state index in [2.05, 4.69) is 11.6 Å². The third kappa shape index (κ3) is 3.04. The molecule has 0 bridgehead atoms. The molecule has 0 heterocycles. The van der Waals surface area contributed by atoms with Crippen molar-refractivity contribution >= 4 is 11.6 Å². The van der Waals surface area contributed by atoms with Gasteiger partial charge in [0.2, 0.25) is 6.17 Å². The van der Waals surface area contributed by atoms with Crippen molar-refractivity contribution < 1.29 is 30.7 Å². The minimum Gasteiger partial charge on any atom is -0.235 e. The van der Waals surface area contributed by atoms with E-state index in [0.29, 0.717) is 0 Å². The molecule has 0 unspecified atom stereocenters. The van der Waals surface area contributed by atoms with E-state index in [1.807, 2.05) is 0 Å². The van der Waals surface area contributed by atoms with Gasteiger partial charge < -0.3 is 0 Å². The fourth-order valence-corrected chi connectivity index (χ4v) is 0.475. The van der Waals surface area contributed by atoms with E-state index in [1.54, 1.807) is 0 Å². The van der Waals surface area contributed by atoms with E-state index in [0.717, 1.165) is 0 Å². The summed E-state index contributed by atoms with van der Waals surface area (Å²) in [5.74, 6) is 0. The lowest BCUT2D eigenvalue weighted by Crippen LogP contribution is -2.41. The molecule has 0 aromatic heterocycles. The number of hydrogen-bond donors (Lipinski definition) is 0. The second-order valence-corrected chi connectivity index (χ2v) is 2.36. The number of alkyl halides is 8. The maximum Gasteiger partial charge on any atom is 0.421 e. The standard InChI is InChI=1S/C4H2ClF7/c5-1(3(7,8)9)2(6)4(10,11)12/h1-2H/t1-,2-/m1/s1. The Labute approximate surface area is 67.3 Å². The highest BCUT2D eigenvalue weighted by Gasteiger charge is 2.55. The Hall–Kier alpha value is -0.200. The summed E-state index contributed by atoms with van der Waals surface area (Å²) in [5, 5.41) is -3.54. The summed E-state index contributed by atoms with van der Waals surface area (Å²) >= 11 is 4.17. The van der Waals surface area contributed by atoms with Gasteiger partial charge in [0.25, 0.3) is 0 Å². The summed E-state index contributed by atoms with van der Waals surface area (Å²) < 4.78 is 79.7. The van der Waals surface area contributed by atoms with Gasteiger partial charge in [0, 0.05) is 0 Å². The van der Waals surface area contributed by atoms with Crippen LogP contribution in [-0.2, 0) is 0 Å². The van der Waals surface area contributed by atoms with Crippen molar-refractivity contribution in [2.75, 3.05) is 0 Å². The summed E-state index contributed by atoms with van der Waals surface area (Å²) in [7, 11) is 0. The molecule has 0 saturated heterocycles. The highest BCUT2D eigenvalue weighted by atomic mass is 35.5.